The molecule has 0 aliphatic rings. The van der Waals surface area contributed by atoms with Gasteiger partial charge in [-0.1, -0.05) is 12.1 Å². The van der Waals surface area contributed by atoms with Crippen LogP contribution < -0.4 is 5.90 Å². The van der Waals surface area contributed by atoms with Crippen molar-refractivity contribution in [1.29, 1.82) is 0 Å². The minimum Gasteiger partial charge on any atom is -0.468 e. The molecule has 1 aromatic carbocycles. The predicted molar refractivity (Wildman–Crippen MR) is 51.3 cm³/mol. The summed E-state index contributed by atoms with van der Waals surface area (Å²) in [6.07, 6.45) is 0. The van der Waals surface area contributed by atoms with Gasteiger partial charge in [-0.25, -0.2) is 10.3 Å². The van der Waals surface area contributed by atoms with Crippen LogP contribution in [0.3, 0.4) is 0 Å². The van der Waals surface area contributed by atoms with Crippen molar-refractivity contribution in [2.75, 3.05) is 13.7 Å². The highest BCUT2D eigenvalue weighted by atomic mass is 19.1. The molecule has 0 bridgehead atoms. The largest absolute Gasteiger partial charge is 0.468 e. The first-order chi connectivity index (χ1) is 7.19. The van der Waals surface area contributed by atoms with Gasteiger partial charge in [-0.15, -0.1) is 0 Å². The molecule has 0 heterocycles. The molecule has 4 nitrogen and oxygen atoms in total. The van der Waals surface area contributed by atoms with Crippen LogP contribution in [0.1, 0.15) is 11.5 Å². The highest BCUT2D eigenvalue weighted by molar-refractivity contribution is 5.78. The number of hydrogen-bond donors (Lipinski definition) is 1. The molecule has 2 N–H and O–H groups in total. The zero-order chi connectivity index (χ0) is 11.3. The Balaban J connectivity index is 2.93. The molecular weight excluding hydrogens is 201 g/mol. The van der Waals surface area contributed by atoms with Crippen molar-refractivity contribution in [1.82, 2.24) is 0 Å². The van der Waals surface area contributed by atoms with Crippen LogP contribution in [-0.2, 0) is 14.4 Å². The molecule has 1 rings (SSSR count). The van der Waals surface area contributed by atoms with Crippen LogP contribution in [0.4, 0.5) is 4.39 Å². The summed E-state index contributed by atoms with van der Waals surface area (Å²) >= 11 is 0. The summed E-state index contributed by atoms with van der Waals surface area (Å²) in [5.74, 6) is 3.27. The van der Waals surface area contributed by atoms with E-state index in [0.717, 1.165) is 0 Å². The lowest BCUT2D eigenvalue weighted by Crippen LogP contribution is -2.21. The van der Waals surface area contributed by atoms with Gasteiger partial charge in [0.2, 0.25) is 0 Å². The lowest BCUT2D eigenvalue weighted by atomic mass is 10.0. The molecule has 82 valence electrons. The lowest BCUT2D eigenvalue weighted by molar-refractivity contribution is -0.144. The molecular formula is C10H12FNO3. The van der Waals surface area contributed by atoms with Crippen molar-refractivity contribution in [3.05, 3.63) is 35.6 Å². The molecule has 1 unspecified atom stereocenters. The summed E-state index contributed by atoms with van der Waals surface area (Å²) < 4.78 is 17.5. The number of benzene rings is 1. The van der Waals surface area contributed by atoms with Gasteiger partial charge < -0.3 is 9.57 Å². The van der Waals surface area contributed by atoms with Gasteiger partial charge in [-0.3, -0.25) is 4.79 Å². The zero-order valence-corrected chi connectivity index (χ0v) is 8.27. The number of carbonyl (C=O) groups is 1. The molecule has 0 aliphatic carbocycles. The Hall–Kier alpha value is -1.46. The number of halogens is 1. The van der Waals surface area contributed by atoms with E-state index in [0.29, 0.717) is 5.56 Å². The van der Waals surface area contributed by atoms with E-state index in [1.165, 1.54) is 25.3 Å². The van der Waals surface area contributed by atoms with E-state index in [2.05, 4.69) is 9.57 Å². The summed E-state index contributed by atoms with van der Waals surface area (Å²) in [7, 11) is 1.26. The Bertz CT molecular complexity index is 343. The molecule has 1 aromatic rings. The quantitative estimate of drug-likeness (QED) is 0.598. The minimum absolute atomic E-state index is 0.0455. The molecule has 0 spiro atoms. The second-order valence-electron chi connectivity index (χ2n) is 2.96. The molecule has 15 heavy (non-hydrogen) atoms. The normalized spacial score (nSPS) is 12.2. The summed E-state index contributed by atoms with van der Waals surface area (Å²) in [6, 6.07) is 5.67. The number of rotatable bonds is 4. The predicted octanol–water partition coefficient (Wildman–Crippen LogP) is 0.973. The van der Waals surface area contributed by atoms with E-state index in [4.69, 9.17) is 5.90 Å². The van der Waals surface area contributed by atoms with Crippen LogP contribution in [0.15, 0.2) is 24.3 Å². The first-order valence-electron chi connectivity index (χ1n) is 4.34. The topological polar surface area (TPSA) is 61.5 Å². The summed E-state index contributed by atoms with van der Waals surface area (Å²) in [6.45, 7) is -0.0455. The Kier molecular flexibility index (Phi) is 4.20. The fraction of sp³-hybridized carbons (Fsp3) is 0.300. The van der Waals surface area contributed by atoms with Gasteiger partial charge >= 0.3 is 5.97 Å². The average Bonchev–Trinajstić information content (AvgIpc) is 2.25. The Morgan fingerprint density at radius 2 is 2.33 bits per heavy atom. The van der Waals surface area contributed by atoms with Crippen LogP contribution in [-0.4, -0.2) is 19.7 Å². The number of nitrogens with two attached hydrogens (primary N) is 1. The second-order valence-corrected chi connectivity index (χ2v) is 2.96. The van der Waals surface area contributed by atoms with Crippen LogP contribution in [0.2, 0.25) is 0 Å². The number of hydrogen-bond acceptors (Lipinski definition) is 4. The van der Waals surface area contributed by atoms with E-state index in [1.54, 1.807) is 6.07 Å². The van der Waals surface area contributed by atoms with Gasteiger partial charge in [0.25, 0.3) is 0 Å². The zero-order valence-electron chi connectivity index (χ0n) is 8.27. The maximum atomic E-state index is 12.9. The molecule has 0 radical (unpaired) electrons. The van der Waals surface area contributed by atoms with Crippen molar-refractivity contribution < 1.29 is 18.8 Å². The summed E-state index contributed by atoms with van der Waals surface area (Å²) in [5.41, 5.74) is 0.479. The Morgan fingerprint density at radius 3 is 2.87 bits per heavy atom. The first-order valence-corrected chi connectivity index (χ1v) is 4.34. The molecule has 0 saturated carbocycles. The van der Waals surface area contributed by atoms with E-state index < -0.39 is 17.7 Å². The Labute approximate surface area is 86.7 Å². The van der Waals surface area contributed by atoms with Crippen molar-refractivity contribution in [2.45, 2.75) is 5.92 Å². The minimum atomic E-state index is -0.698. The van der Waals surface area contributed by atoms with Crippen molar-refractivity contribution in [3.8, 4) is 0 Å². The van der Waals surface area contributed by atoms with Crippen LogP contribution in [0.5, 0.6) is 0 Å². The molecule has 0 saturated heterocycles. The summed E-state index contributed by atoms with van der Waals surface area (Å²) in [4.78, 5) is 15.7. The third-order valence-corrected chi connectivity index (χ3v) is 2.00. The second kappa shape index (κ2) is 5.43. The fourth-order valence-electron chi connectivity index (χ4n) is 1.26. The number of carbonyl (C=O) groups excluding carboxylic acids is 1. The average molecular weight is 213 g/mol. The van der Waals surface area contributed by atoms with E-state index >= 15 is 0 Å². The van der Waals surface area contributed by atoms with Gasteiger partial charge in [0.15, 0.2) is 0 Å². The van der Waals surface area contributed by atoms with Gasteiger partial charge in [0, 0.05) is 0 Å². The number of methoxy groups -OCH3 is 1. The fourth-order valence-corrected chi connectivity index (χ4v) is 1.26. The van der Waals surface area contributed by atoms with Gasteiger partial charge in [0.1, 0.15) is 11.7 Å². The van der Waals surface area contributed by atoms with Crippen LogP contribution in [0, 0.1) is 5.82 Å². The molecule has 0 fully saturated rings. The standard InChI is InChI=1S/C10H12FNO3/c1-14-10(13)9(6-15-12)7-3-2-4-8(11)5-7/h2-5,9H,6,12H2,1H3. The van der Waals surface area contributed by atoms with Crippen LogP contribution >= 0.6 is 0 Å². The Morgan fingerprint density at radius 1 is 1.60 bits per heavy atom. The smallest absolute Gasteiger partial charge is 0.315 e. The van der Waals surface area contributed by atoms with Gasteiger partial charge in [-0.2, -0.15) is 0 Å². The number of esters is 1. The highest BCUT2D eigenvalue weighted by Crippen LogP contribution is 2.18. The summed E-state index contributed by atoms with van der Waals surface area (Å²) in [5, 5.41) is 0. The first kappa shape index (κ1) is 11.6. The molecule has 5 heteroatoms. The van der Waals surface area contributed by atoms with Crippen molar-refractivity contribution in [2.24, 2.45) is 5.90 Å². The SMILES string of the molecule is COC(=O)C(CON)c1cccc(F)c1. The monoisotopic (exact) mass is 213 g/mol. The highest BCUT2D eigenvalue weighted by Gasteiger charge is 2.21. The molecule has 0 amide bonds. The maximum Gasteiger partial charge on any atom is 0.315 e. The van der Waals surface area contributed by atoms with Crippen molar-refractivity contribution >= 4 is 5.97 Å². The van der Waals surface area contributed by atoms with Gasteiger partial charge in [0.05, 0.1) is 13.7 Å². The van der Waals surface area contributed by atoms with Gasteiger partial charge in [-0.05, 0) is 17.7 Å². The van der Waals surface area contributed by atoms with E-state index in [1.807, 2.05) is 0 Å². The third kappa shape index (κ3) is 3.00. The molecule has 0 aromatic heterocycles. The maximum absolute atomic E-state index is 12.9. The van der Waals surface area contributed by atoms with E-state index in [9.17, 15) is 9.18 Å². The molecule has 0 aliphatic heterocycles. The molecule has 1 atom stereocenters. The van der Waals surface area contributed by atoms with Crippen molar-refractivity contribution in [3.63, 3.8) is 0 Å². The lowest BCUT2D eigenvalue weighted by Gasteiger charge is -2.13. The third-order valence-electron chi connectivity index (χ3n) is 2.00. The number of ether oxygens (including phenoxy) is 1. The van der Waals surface area contributed by atoms with E-state index in [-0.39, 0.29) is 6.61 Å². The van der Waals surface area contributed by atoms with Crippen LogP contribution in [0.25, 0.3) is 0 Å².